The summed E-state index contributed by atoms with van der Waals surface area (Å²) in [7, 11) is 0. The molecule has 0 radical (unpaired) electrons. The molecule has 78 valence electrons. The maximum Gasteiger partial charge on any atom is 0.186 e. The third-order valence-corrected chi connectivity index (χ3v) is 2.23. The van der Waals surface area contributed by atoms with E-state index in [1.807, 2.05) is 0 Å². The van der Waals surface area contributed by atoms with E-state index in [0.29, 0.717) is 17.1 Å². The lowest BCUT2D eigenvalue weighted by Crippen LogP contribution is -1.91. The minimum atomic E-state index is -0.0856. The van der Waals surface area contributed by atoms with E-state index in [1.54, 1.807) is 18.2 Å². The van der Waals surface area contributed by atoms with Crippen molar-refractivity contribution in [3.05, 3.63) is 29.6 Å². The van der Waals surface area contributed by atoms with Crippen LogP contribution < -0.4 is 0 Å². The highest BCUT2D eigenvalue weighted by Crippen LogP contribution is 2.00. The Morgan fingerprint density at radius 1 is 1.60 bits per heavy atom. The summed E-state index contributed by atoms with van der Waals surface area (Å²) in [4.78, 5) is 14.7. The van der Waals surface area contributed by atoms with Crippen LogP contribution in [0.1, 0.15) is 18.3 Å². The van der Waals surface area contributed by atoms with Gasteiger partial charge in [-0.2, -0.15) is 0 Å². The fraction of sp³-hybridized carbons (Fsp3) is 0.273. The maximum absolute atomic E-state index is 10.6. The smallest absolute Gasteiger partial charge is 0.186 e. The second-order valence-corrected chi connectivity index (χ2v) is 3.91. The van der Waals surface area contributed by atoms with Crippen molar-refractivity contribution in [3.8, 4) is 11.8 Å². The first-order chi connectivity index (χ1) is 7.22. The number of aliphatic hydroxyl groups is 1. The van der Waals surface area contributed by atoms with Crippen molar-refractivity contribution >= 4 is 16.9 Å². The van der Waals surface area contributed by atoms with Crippen LogP contribution in [0, 0.1) is 11.8 Å². The maximum atomic E-state index is 10.6. The number of hydrogen-bond acceptors (Lipinski definition) is 4. The molecule has 0 fully saturated rings. The molecule has 1 aromatic heterocycles. The summed E-state index contributed by atoms with van der Waals surface area (Å²) in [5, 5.41) is 8.90. The number of aromatic nitrogens is 1. The number of carbonyl (C=O) groups excluding carboxylic acids is 1. The number of thioether (sulfide) groups is 1. The highest BCUT2D eigenvalue weighted by atomic mass is 32.2. The molecule has 15 heavy (non-hydrogen) atoms. The number of pyridine rings is 1. The van der Waals surface area contributed by atoms with Gasteiger partial charge in [0.1, 0.15) is 5.69 Å². The topological polar surface area (TPSA) is 50.2 Å². The molecule has 0 bridgehead atoms. The van der Waals surface area contributed by atoms with Crippen molar-refractivity contribution in [2.45, 2.75) is 13.5 Å². The monoisotopic (exact) mass is 221 g/mol. The van der Waals surface area contributed by atoms with Crippen molar-refractivity contribution < 1.29 is 9.90 Å². The molecule has 1 N–H and O–H groups in total. The zero-order valence-electron chi connectivity index (χ0n) is 8.36. The number of aliphatic hydroxyl groups excluding tert-OH is 1. The molecule has 0 saturated carbocycles. The molecule has 0 aliphatic carbocycles. The Morgan fingerprint density at radius 3 is 3.07 bits per heavy atom. The van der Waals surface area contributed by atoms with Crippen LogP contribution in [0.5, 0.6) is 0 Å². The number of rotatable bonds is 2. The predicted molar refractivity (Wildman–Crippen MR) is 60.2 cm³/mol. The molecule has 0 spiro atoms. The quantitative estimate of drug-likeness (QED) is 0.762. The highest BCUT2D eigenvalue weighted by Gasteiger charge is 1.93. The van der Waals surface area contributed by atoms with Crippen LogP contribution in [0.25, 0.3) is 0 Å². The molecule has 1 heterocycles. The van der Waals surface area contributed by atoms with Crippen molar-refractivity contribution in [2.75, 3.05) is 5.75 Å². The molecule has 3 nitrogen and oxygen atoms in total. The van der Waals surface area contributed by atoms with Crippen LogP contribution in [-0.2, 0) is 11.4 Å². The lowest BCUT2D eigenvalue weighted by atomic mass is 10.3. The van der Waals surface area contributed by atoms with Crippen LogP contribution in [0.3, 0.4) is 0 Å². The van der Waals surface area contributed by atoms with Gasteiger partial charge in [-0.15, -0.1) is 0 Å². The molecule has 0 aliphatic heterocycles. The number of carbonyl (C=O) groups is 1. The van der Waals surface area contributed by atoms with Gasteiger partial charge in [-0.1, -0.05) is 23.7 Å². The molecule has 0 aromatic carbocycles. The Morgan fingerprint density at radius 2 is 2.40 bits per heavy atom. The molecule has 0 amide bonds. The van der Waals surface area contributed by atoms with E-state index in [-0.39, 0.29) is 11.7 Å². The summed E-state index contributed by atoms with van der Waals surface area (Å²) in [6, 6.07) is 5.29. The van der Waals surface area contributed by atoms with E-state index in [0.717, 1.165) is 0 Å². The van der Waals surface area contributed by atoms with Gasteiger partial charge in [-0.3, -0.25) is 4.79 Å². The SMILES string of the molecule is CC(=O)SCC#Cc1cccc(CO)n1. The van der Waals surface area contributed by atoms with Gasteiger partial charge in [-0.05, 0) is 18.1 Å². The van der Waals surface area contributed by atoms with Crippen LogP contribution in [-0.4, -0.2) is 21.0 Å². The van der Waals surface area contributed by atoms with E-state index < -0.39 is 0 Å². The number of nitrogens with zero attached hydrogens (tertiary/aromatic N) is 1. The van der Waals surface area contributed by atoms with Gasteiger partial charge < -0.3 is 5.11 Å². The first kappa shape index (κ1) is 11.8. The van der Waals surface area contributed by atoms with Crippen LogP contribution in [0.2, 0.25) is 0 Å². The minimum absolute atomic E-state index is 0.0568. The molecule has 0 unspecified atom stereocenters. The third kappa shape index (κ3) is 4.63. The Balaban J connectivity index is 2.59. The molecule has 0 atom stereocenters. The zero-order valence-corrected chi connectivity index (χ0v) is 9.17. The van der Waals surface area contributed by atoms with E-state index in [4.69, 9.17) is 5.11 Å². The fourth-order valence-electron chi connectivity index (χ4n) is 0.902. The highest BCUT2D eigenvalue weighted by molar-refractivity contribution is 8.13. The standard InChI is InChI=1S/C11H11NO2S/c1-9(14)15-7-3-6-10-4-2-5-11(8-13)12-10/h2,4-5,13H,7-8H2,1H3. The fourth-order valence-corrected chi connectivity index (χ4v) is 1.25. The van der Waals surface area contributed by atoms with Crippen molar-refractivity contribution in [3.63, 3.8) is 0 Å². The van der Waals surface area contributed by atoms with Gasteiger partial charge >= 0.3 is 0 Å². The van der Waals surface area contributed by atoms with Crippen LogP contribution >= 0.6 is 11.8 Å². The second-order valence-electron chi connectivity index (χ2n) is 2.75. The summed E-state index contributed by atoms with van der Waals surface area (Å²) in [6.07, 6.45) is 0. The zero-order chi connectivity index (χ0) is 11.1. The Hall–Kier alpha value is -1.31. The predicted octanol–water partition coefficient (Wildman–Crippen LogP) is 1.21. The van der Waals surface area contributed by atoms with Gasteiger partial charge in [0, 0.05) is 6.92 Å². The molecule has 0 aliphatic rings. The van der Waals surface area contributed by atoms with Gasteiger partial charge in [0.25, 0.3) is 0 Å². The Kier molecular flexibility index (Phi) is 4.88. The van der Waals surface area contributed by atoms with Gasteiger partial charge in [0.15, 0.2) is 5.12 Å². The lowest BCUT2D eigenvalue weighted by molar-refractivity contribution is -0.109. The minimum Gasteiger partial charge on any atom is -0.390 e. The summed E-state index contributed by atoms with van der Waals surface area (Å²) in [5.74, 6) is 6.13. The largest absolute Gasteiger partial charge is 0.390 e. The lowest BCUT2D eigenvalue weighted by Gasteiger charge is -1.94. The van der Waals surface area contributed by atoms with E-state index >= 15 is 0 Å². The average Bonchev–Trinajstić information content (AvgIpc) is 2.24. The third-order valence-electron chi connectivity index (χ3n) is 1.53. The molecule has 4 heteroatoms. The summed E-state index contributed by atoms with van der Waals surface area (Å²) in [5.41, 5.74) is 1.21. The normalized spacial score (nSPS) is 9.20. The van der Waals surface area contributed by atoms with Crippen LogP contribution in [0.15, 0.2) is 18.2 Å². The molecular formula is C11H11NO2S. The second kappa shape index (κ2) is 6.23. The van der Waals surface area contributed by atoms with Crippen molar-refractivity contribution in [2.24, 2.45) is 0 Å². The van der Waals surface area contributed by atoms with Crippen molar-refractivity contribution in [1.82, 2.24) is 4.98 Å². The first-order valence-corrected chi connectivity index (χ1v) is 5.40. The molecule has 1 rings (SSSR count). The Bertz CT molecular complexity index is 407. The van der Waals surface area contributed by atoms with Gasteiger partial charge in [0.2, 0.25) is 0 Å². The Labute approximate surface area is 92.9 Å². The van der Waals surface area contributed by atoms with Crippen molar-refractivity contribution in [1.29, 1.82) is 0 Å². The average molecular weight is 221 g/mol. The summed E-state index contributed by atoms with van der Waals surface area (Å²) < 4.78 is 0. The summed E-state index contributed by atoms with van der Waals surface area (Å²) in [6.45, 7) is 1.43. The van der Waals surface area contributed by atoms with E-state index in [9.17, 15) is 4.79 Å². The molecule has 0 saturated heterocycles. The van der Waals surface area contributed by atoms with Gasteiger partial charge in [0.05, 0.1) is 18.1 Å². The first-order valence-electron chi connectivity index (χ1n) is 4.41. The summed E-state index contributed by atoms with van der Waals surface area (Å²) >= 11 is 1.17. The van der Waals surface area contributed by atoms with Gasteiger partial charge in [-0.25, -0.2) is 4.98 Å². The molecular weight excluding hydrogens is 210 g/mol. The van der Waals surface area contributed by atoms with E-state index in [1.165, 1.54) is 18.7 Å². The molecule has 1 aromatic rings. The number of hydrogen-bond donors (Lipinski definition) is 1. The van der Waals surface area contributed by atoms with Crippen LogP contribution in [0.4, 0.5) is 0 Å². The van der Waals surface area contributed by atoms with E-state index in [2.05, 4.69) is 16.8 Å².